The van der Waals surface area contributed by atoms with Crippen LogP contribution < -0.4 is 4.72 Å². The molecule has 0 amide bonds. The Bertz CT molecular complexity index is 307. The van der Waals surface area contributed by atoms with Crippen LogP contribution in [0.3, 0.4) is 0 Å². The number of rotatable bonds is 0. The van der Waals surface area contributed by atoms with Crippen LogP contribution in [0.2, 0.25) is 0 Å². The van der Waals surface area contributed by atoms with Gasteiger partial charge in [0.2, 0.25) is 0 Å². The highest BCUT2D eigenvalue weighted by atomic mass is 32.2. The van der Waals surface area contributed by atoms with E-state index in [1.54, 1.807) is 18.3 Å². The summed E-state index contributed by atoms with van der Waals surface area (Å²) in [5.74, 6) is 0. The van der Waals surface area contributed by atoms with Crippen LogP contribution >= 0.6 is 11.9 Å². The Kier molecular flexibility index (Phi) is 1.58. The van der Waals surface area contributed by atoms with Crippen LogP contribution in [-0.4, -0.2) is 6.34 Å². The monoisotopic (exact) mass is 164 g/mol. The summed E-state index contributed by atoms with van der Waals surface area (Å²) in [6, 6.07) is 6.24. The van der Waals surface area contributed by atoms with Gasteiger partial charge < -0.3 is 4.72 Å². The van der Waals surface area contributed by atoms with Crippen LogP contribution in [-0.2, 0) is 0 Å². The minimum atomic E-state index is 1.05. The first-order valence-corrected chi connectivity index (χ1v) is 4.23. The van der Waals surface area contributed by atoms with E-state index < -0.39 is 0 Å². The Hall–Kier alpha value is -0.960. The summed E-state index contributed by atoms with van der Waals surface area (Å²) in [5.41, 5.74) is 2.33. The lowest BCUT2D eigenvalue weighted by Crippen LogP contribution is -2.02. The van der Waals surface area contributed by atoms with Crippen molar-refractivity contribution in [3.63, 3.8) is 0 Å². The fourth-order valence-electron chi connectivity index (χ4n) is 0.995. The third-order valence-electron chi connectivity index (χ3n) is 1.54. The lowest BCUT2D eigenvalue weighted by atomic mass is 10.2. The maximum atomic E-state index is 4.18. The second-order valence-corrected chi connectivity index (χ2v) is 3.33. The average Bonchev–Trinajstić information content (AvgIpc) is 2.04. The SMILES string of the molecule is Cc1ccc2c(c1)SNC=N2. The number of hydrogen-bond acceptors (Lipinski definition) is 3. The van der Waals surface area contributed by atoms with Gasteiger partial charge in [0.15, 0.2) is 0 Å². The minimum absolute atomic E-state index is 1.05. The van der Waals surface area contributed by atoms with E-state index in [4.69, 9.17) is 0 Å². The summed E-state index contributed by atoms with van der Waals surface area (Å²) in [4.78, 5) is 5.38. The molecule has 1 aliphatic rings. The predicted octanol–water partition coefficient (Wildman–Crippen LogP) is 2.27. The standard InChI is InChI=1S/C8H8N2S/c1-6-2-3-7-8(4-6)11-10-5-9-7/h2-5H,1H3,(H,9,10). The van der Waals surface area contributed by atoms with E-state index in [1.807, 2.05) is 6.07 Å². The molecular weight excluding hydrogens is 156 g/mol. The Morgan fingerprint density at radius 3 is 3.27 bits per heavy atom. The van der Waals surface area contributed by atoms with Gasteiger partial charge in [0, 0.05) is 0 Å². The van der Waals surface area contributed by atoms with Crippen molar-refractivity contribution in [3.05, 3.63) is 23.8 Å². The van der Waals surface area contributed by atoms with Crippen molar-refractivity contribution in [2.24, 2.45) is 4.99 Å². The molecule has 0 saturated carbocycles. The van der Waals surface area contributed by atoms with Crippen LogP contribution in [0.15, 0.2) is 28.1 Å². The number of hydrogen-bond donors (Lipinski definition) is 1. The lowest BCUT2D eigenvalue weighted by molar-refractivity contribution is 1.28. The zero-order valence-electron chi connectivity index (χ0n) is 6.16. The Morgan fingerprint density at radius 1 is 1.45 bits per heavy atom. The predicted molar refractivity (Wildman–Crippen MR) is 48.3 cm³/mol. The molecule has 3 heteroatoms. The molecule has 0 atom stereocenters. The summed E-state index contributed by atoms with van der Waals surface area (Å²) < 4.78 is 2.99. The third kappa shape index (κ3) is 1.24. The molecule has 1 aromatic rings. The molecule has 0 saturated heterocycles. The summed E-state index contributed by atoms with van der Waals surface area (Å²) in [6.07, 6.45) is 1.71. The summed E-state index contributed by atoms with van der Waals surface area (Å²) >= 11 is 1.60. The highest BCUT2D eigenvalue weighted by Gasteiger charge is 2.04. The number of nitrogens with zero attached hydrogens (tertiary/aromatic N) is 1. The number of aliphatic imine (C=N–C) groups is 1. The van der Waals surface area contributed by atoms with E-state index in [-0.39, 0.29) is 0 Å². The summed E-state index contributed by atoms with van der Waals surface area (Å²) in [7, 11) is 0. The van der Waals surface area contributed by atoms with Gasteiger partial charge in [0.25, 0.3) is 0 Å². The second kappa shape index (κ2) is 2.58. The fourth-order valence-corrected chi connectivity index (χ4v) is 1.70. The van der Waals surface area contributed by atoms with E-state index in [2.05, 4.69) is 28.8 Å². The molecule has 1 aliphatic heterocycles. The van der Waals surface area contributed by atoms with E-state index in [9.17, 15) is 0 Å². The quantitative estimate of drug-likeness (QED) is 0.595. The first-order valence-electron chi connectivity index (χ1n) is 3.42. The van der Waals surface area contributed by atoms with Crippen LogP contribution in [0, 0.1) is 6.92 Å². The highest BCUT2D eigenvalue weighted by molar-refractivity contribution is 7.98. The molecule has 2 nitrogen and oxygen atoms in total. The molecule has 0 unspecified atom stereocenters. The van der Waals surface area contributed by atoms with Crippen LogP contribution in [0.1, 0.15) is 5.56 Å². The van der Waals surface area contributed by atoms with Gasteiger partial charge in [-0.15, -0.1) is 0 Å². The zero-order valence-corrected chi connectivity index (χ0v) is 6.98. The first-order chi connectivity index (χ1) is 5.36. The van der Waals surface area contributed by atoms with Gasteiger partial charge in [-0.1, -0.05) is 6.07 Å². The number of nitrogens with one attached hydrogen (secondary N) is 1. The Morgan fingerprint density at radius 2 is 2.36 bits per heavy atom. The van der Waals surface area contributed by atoms with Gasteiger partial charge in [-0.2, -0.15) is 0 Å². The van der Waals surface area contributed by atoms with Crippen LogP contribution in [0.4, 0.5) is 5.69 Å². The van der Waals surface area contributed by atoms with Crippen LogP contribution in [0.25, 0.3) is 0 Å². The molecule has 0 aromatic heterocycles. The largest absolute Gasteiger partial charge is 0.316 e. The molecule has 11 heavy (non-hydrogen) atoms. The molecule has 0 spiro atoms. The van der Waals surface area contributed by atoms with Crippen molar-refractivity contribution >= 4 is 24.0 Å². The first kappa shape index (κ1) is 6.73. The Labute approximate surface area is 69.9 Å². The topological polar surface area (TPSA) is 24.4 Å². The van der Waals surface area contributed by atoms with Crippen molar-refractivity contribution in [1.29, 1.82) is 0 Å². The van der Waals surface area contributed by atoms with Gasteiger partial charge in [-0.05, 0) is 36.6 Å². The van der Waals surface area contributed by atoms with Gasteiger partial charge in [-0.25, -0.2) is 4.99 Å². The molecule has 0 aliphatic carbocycles. The van der Waals surface area contributed by atoms with Gasteiger partial charge in [0.1, 0.15) is 0 Å². The molecule has 2 rings (SSSR count). The molecular formula is C8H8N2S. The summed E-state index contributed by atoms with van der Waals surface area (Å²) in [5, 5.41) is 0. The highest BCUT2D eigenvalue weighted by Crippen LogP contribution is 2.30. The smallest absolute Gasteiger partial charge is 0.0988 e. The van der Waals surface area contributed by atoms with Gasteiger partial charge >= 0.3 is 0 Å². The van der Waals surface area contributed by atoms with Crippen molar-refractivity contribution in [2.45, 2.75) is 11.8 Å². The van der Waals surface area contributed by atoms with E-state index in [0.29, 0.717) is 0 Å². The normalized spacial score (nSPS) is 13.9. The molecule has 1 N–H and O–H groups in total. The zero-order chi connectivity index (χ0) is 7.68. The second-order valence-electron chi connectivity index (χ2n) is 2.45. The summed E-state index contributed by atoms with van der Waals surface area (Å²) in [6.45, 7) is 2.08. The molecule has 1 heterocycles. The van der Waals surface area contributed by atoms with Crippen molar-refractivity contribution in [2.75, 3.05) is 0 Å². The van der Waals surface area contributed by atoms with Crippen molar-refractivity contribution in [1.82, 2.24) is 4.72 Å². The molecule has 0 radical (unpaired) electrons. The number of benzene rings is 1. The van der Waals surface area contributed by atoms with E-state index in [1.165, 1.54) is 10.5 Å². The van der Waals surface area contributed by atoms with Crippen molar-refractivity contribution in [3.8, 4) is 0 Å². The molecule has 0 fully saturated rings. The molecule has 56 valence electrons. The minimum Gasteiger partial charge on any atom is -0.316 e. The van der Waals surface area contributed by atoms with Crippen LogP contribution in [0.5, 0.6) is 0 Å². The maximum absolute atomic E-state index is 4.18. The van der Waals surface area contributed by atoms with Crippen molar-refractivity contribution < 1.29 is 0 Å². The lowest BCUT2D eigenvalue weighted by Gasteiger charge is -2.09. The number of aryl methyl sites for hydroxylation is 1. The fraction of sp³-hybridized carbons (Fsp3) is 0.125. The maximum Gasteiger partial charge on any atom is 0.0988 e. The van der Waals surface area contributed by atoms with E-state index >= 15 is 0 Å². The van der Waals surface area contributed by atoms with Gasteiger partial charge in [-0.3, -0.25) is 0 Å². The number of fused-ring (bicyclic) bond motifs is 1. The van der Waals surface area contributed by atoms with E-state index in [0.717, 1.165) is 5.69 Å². The van der Waals surface area contributed by atoms with Gasteiger partial charge in [0.05, 0.1) is 16.9 Å². The third-order valence-corrected chi connectivity index (χ3v) is 2.31. The molecule has 1 aromatic carbocycles. The average molecular weight is 164 g/mol. The molecule has 0 bridgehead atoms. The Balaban J connectivity index is 2.53.